The number of benzene rings is 2. The third-order valence-electron chi connectivity index (χ3n) is 5.50. The summed E-state index contributed by atoms with van der Waals surface area (Å²) in [7, 11) is -3.00. The summed E-state index contributed by atoms with van der Waals surface area (Å²) in [6.45, 7) is 0.770. The van der Waals surface area contributed by atoms with E-state index >= 15 is 0 Å². The number of halogens is 1. The summed E-state index contributed by atoms with van der Waals surface area (Å²) >= 11 is 3.40. The second-order valence-corrected chi connectivity index (χ2v) is 10.5. The molecule has 1 fully saturated rings. The molecule has 2 aromatic carbocycles. The molecule has 2 aliphatic rings. The number of fused-ring (bicyclic) bond motifs is 3. The van der Waals surface area contributed by atoms with Crippen molar-refractivity contribution in [2.24, 2.45) is 0 Å². The molecule has 2 aliphatic heterocycles. The first-order valence-corrected chi connectivity index (χ1v) is 12.1. The predicted molar refractivity (Wildman–Crippen MR) is 115 cm³/mol. The molecule has 1 atom stereocenters. The molecule has 3 heterocycles. The van der Waals surface area contributed by atoms with Gasteiger partial charge < -0.3 is 13.9 Å². The molecule has 7 nitrogen and oxygen atoms in total. The van der Waals surface area contributed by atoms with Crippen molar-refractivity contribution in [1.29, 1.82) is 0 Å². The van der Waals surface area contributed by atoms with E-state index in [2.05, 4.69) is 15.9 Å². The average Bonchev–Trinajstić information content (AvgIpc) is 3.10. The topological polar surface area (TPSA) is 86.1 Å². The SMILES string of the molecule is O=c1c(Oc2ccccc2Br)coc2c3c(ccc12)OCN([C@H]1CCS(=O)(=O)C1)C3. The van der Waals surface area contributed by atoms with E-state index in [9.17, 15) is 13.2 Å². The van der Waals surface area contributed by atoms with Gasteiger partial charge in [0.25, 0.3) is 0 Å². The van der Waals surface area contributed by atoms with Gasteiger partial charge in [-0.25, -0.2) is 8.42 Å². The van der Waals surface area contributed by atoms with Gasteiger partial charge in [0.2, 0.25) is 11.2 Å². The van der Waals surface area contributed by atoms with Crippen molar-refractivity contribution in [1.82, 2.24) is 4.90 Å². The van der Waals surface area contributed by atoms with Gasteiger partial charge in [-0.2, -0.15) is 0 Å². The molecule has 3 aromatic rings. The van der Waals surface area contributed by atoms with Crippen LogP contribution in [0.15, 0.2) is 56.3 Å². The number of sulfone groups is 1. The molecule has 9 heteroatoms. The molecule has 0 bridgehead atoms. The number of para-hydroxylation sites is 1. The maximum absolute atomic E-state index is 13.0. The molecule has 0 amide bonds. The van der Waals surface area contributed by atoms with Crippen molar-refractivity contribution in [2.75, 3.05) is 18.2 Å². The molecule has 0 saturated carbocycles. The fourth-order valence-electron chi connectivity index (χ4n) is 3.92. The molecule has 0 aliphatic carbocycles. The lowest BCUT2D eigenvalue weighted by Crippen LogP contribution is -2.41. The highest BCUT2D eigenvalue weighted by Gasteiger charge is 2.35. The lowest BCUT2D eigenvalue weighted by molar-refractivity contribution is 0.0649. The predicted octanol–water partition coefficient (Wildman–Crippen LogP) is 3.69. The van der Waals surface area contributed by atoms with Crippen LogP contribution in [-0.4, -0.2) is 37.6 Å². The van der Waals surface area contributed by atoms with Crippen LogP contribution >= 0.6 is 15.9 Å². The van der Waals surface area contributed by atoms with Crippen molar-refractivity contribution < 1.29 is 22.3 Å². The molecule has 156 valence electrons. The van der Waals surface area contributed by atoms with E-state index in [4.69, 9.17) is 13.9 Å². The van der Waals surface area contributed by atoms with E-state index in [-0.39, 0.29) is 28.7 Å². The van der Waals surface area contributed by atoms with Crippen LogP contribution in [0.5, 0.6) is 17.2 Å². The summed E-state index contributed by atoms with van der Waals surface area (Å²) in [6, 6.07) is 10.6. The number of nitrogens with zero attached hydrogens (tertiary/aromatic N) is 1. The van der Waals surface area contributed by atoms with Gasteiger partial charge in [0.05, 0.1) is 26.9 Å². The highest BCUT2D eigenvalue weighted by atomic mass is 79.9. The van der Waals surface area contributed by atoms with Gasteiger partial charge in [-0.05, 0) is 46.6 Å². The zero-order valence-electron chi connectivity index (χ0n) is 15.8. The molecular weight excluding hydrogens is 474 g/mol. The van der Waals surface area contributed by atoms with Crippen LogP contribution in [0.3, 0.4) is 0 Å². The third-order valence-corrected chi connectivity index (χ3v) is 7.90. The van der Waals surface area contributed by atoms with Crippen LogP contribution in [0, 0.1) is 0 Å². The van der Waals surface area contributed by atoms with Gasteiger partial charge in [-0.15, -0.1) is 0 Å². The van der Waals surface area contributed by atoms with Gasteiger partial charge in [0.15, 0.2) is 9.84 Å². The van der Waals surface area contributed by atoms with Crippen molar-refractivity contribution in [2.45, 2.75) is 19.0 Å². The summed E-state index contributed by atoms with van der Waals surface area (Å²) in [5.41, 5.74) is 0.894. The summed E-state index contributed by atoms with van der Waals surface area (Å²) in [6.07, 6.45) is 1.89. The van der Waals surface area contributed by atoms with Crippen LogP contribution in [0.2, 0.25) is 0 Å². The van der Waals surface area contributed by atoms with E-state index in [1.807, 2.05) is 23.1 Å². The molecule has 0 radical (unpaired) electrons. The molecule has 0 spiro atoms. The Bertz CT molecular complexity index is 1300. The first-order chi connectivity index (χ1) is 14.4. The zero-order chi connectivity index (χ0) is 20.9. The van der Waals surface area contributed by atoms with E-state index in [0.29, 0.717) is 42.2 Å². The lowest BCUT2D eigenvalue weighted by Gasteiger charge is -2.33. The highest BCUT2D eigenvalue weighted by molar-refractivity contribution is 9.10. The Kier molecular flexibility index (Phi) is 4.83. The van der Waals surface area contributed by atoms with Crippen LogP contribution in [0.4, 0.5) is 0 Å². The lowest BCUT2D eigenvalue weighted by atomic mass is 10.1. The molecule has 1 aromatic heterocycles. The number of hydrogen-bond donors (Lipinski definition) is 0. The number of rotatable bonds is 3. The van der Waals surface area contributed by atoms with Crippen molar-refractivity contribution in [3.63, 3.8) is 0 Å². The maximum Gasteiger partial charge on any atom is 0.235 e. The van der Waals surface area contributed by atoms with E-state index in [1.165, 1.54) is 6.26 Å². The van der Waals surface area contributed by atoms with Crippen LogP contribution in [0.25, 0.3) is 11.0 Å². The Hall–Kier alpha value is -2.36. The summed E-state index contributed by atoms with van der Waals surface area (Å²) in [4.78, 5) is 15.0. The minimum atomic E-state index is -3.00. The molecule has 30 heavy (non-hydrogen) atoms. The smallest absolute Gasteiger partial charge is 0.235 e. The Morgan fingerprint density at radius 1 is 1.13 bits per heavy atom. The third kappa shape index (κ3) is 3.51. The summed E-state index contributed by atoms with van der Waals surface area (Å²) in [5.74, 6) is 1.57. The Morgan fingerprint density at radius 2 is 1.97 bits per heavy atom. The minimum Gasteiger partial charge on any atom is -0.478 e. The van der Waals surface area contributed by atoms with Crippen LogP contribution < -0.4 is 14.9 Å². The van der Waals surface area contributed by atoms with Crippen molar-refractivity contribution in [3.05, 3.63) is 62.9 Å². The first kappa shape index (κ1) is 19.6. The van der Waals surface area contributed by atoms with E-state index in [1.54, 1.807) is 18.2 Å². The monoisotopic (exact) mass is 491 g/mol. The Labute approximate surface area is 181 Å². The average molecular weight is 492 g/mol. The Balaban J connectivity index is 1.50. The van der Waals surface area contributed by atoms with Crippen molar-refractivity contribution in [3.8, 4) is 17.2 Å². The molecular formula is C21H18BrNO6S. The minimum absolute atomic E-state index is 0.0878. The standard InChI is InChI=1S/C21H18BrNO6S/c22-16-3-1-2-4-18(16)29-19-10-27-21-14(20(19)24)5-6-17-15(21)9-23(12-28-17)13-7-8-30(25,26)11-13/h1-6,10,13H,7-9,11-12H2/t13-/m0/s1. The quantitative estimate of drug-likeness (QED) is 0.552. The number of ether oxygens (including phenoxy) is 2. The highest BCUT2D eigenvalue weighted by Crippen LogP contribution is 2.35. The van der Waals surface area contributed by atoms with E-state index < -0.39 is 9.84 Å². The summed E-state index contributed by atoms with van der Waals surface area (Å²) in [5, 5.41) is 0.391. The van der Waals surface area contributed by atoms with Gasteiger partial charge in [-0.3, -0.25) is 9.69 Å². The first-order valence-electron chi connectivity index (χ1n) is 9.48. The fraction of sp³-hybridized carbons (Fsp3) is 0.286. The van der Waals surface area contributed by atoms with Gasteiger partial charge in [0.1, 0.15) is 30.1 Å². The number of hydrogen-bond acceptors (Lipinski definition) is 7. The van der Waals surface area contributed by atoms with Crippen LogP contribution in [-0.2, 0) is 16.4 Å². The molecule has 1 saturated heterocycles. The maximum atomic E-state index is 13.0. The molecule has 0 N–H and O–H groups in total. The van der Waals surface area contributed by atoms with Gasteiger partial charge >= 0.3 is 0 Å². The van der Waals surface area contributed by atoms with Crippen LogP contribution in [0.1, 0.15) is 12.0 Å². The molecule has 5 rings (SSSR count). The largest absolute Gasteiger partial charge is 0.478 e. The second-order valence-electron chi connectivity index (χ2n) is 7.46. The van der Waals surface area contributed by atoms with Gasteiger partial charge in [-0.1, -0.05) is 12.1 Å². The van der Waals surface area contributed by atoms with Crippen molar-refractivity contribution >= 4 is 36.7 Å². The van der Waals surface area contributed by atoms with Gasteiger partial charge in [0, 0.05) is 12.6 Å². The Morgan fingerprint density at radius 3 is 2.73 bits per heavy atom. The summed E-state index contributed by atoms with van der Waals surface area (Å²) < 4.78 is 41.8. The second kappa shape index (κ2) is 7.40. The molecule has 0 unspecified atom stereocenters. The van der Waals surface area contributed by atoms with E-state index in [0.717, 1.165) is 10.0 Å². The normalized spacial score (nSPS) is 20.6. The zero-order valence-corrected chi connectivity index (χ0v) is 18.2. The fourth-order valence-corrected chi connectivity index (χ4v) is 6.05.